The smallest absolute Gasteiger partial charge is 0.407 e. The summed E-state index contributed by atoms with van der Waals surface area (Å²) in [5, 5.41) is 2.95. The van der Waals surface area contributed by atoms with Gasteiger partial charge in [0.1, 0.15) is 11.9 Å². The number of alkyl halides is 1. The zero-order valence-electron chi connectivity index (χ0n) is 10.9. The number of amides is 1. The van der Waals surface area contributed by atoms with Gasteiger partial charge in [0.2, 0.25) is 0 Å². The van der Waals surface area contributed by atoms with Crippen LogP contribution in [0.5, 0.6) is 5.75 Å². The van der Waals surface area contributed by atoms with E-state index in [1.807, 2.05) is 13.8 Å². The molecule has 1 aliphatic heterocycles. The fourth-order valence-corrected chi connectivity index (χ4v) is 2.61. The van der Waals surface area contributed by atoms with Crippen molar-refractivity contribution < 1.29 is 14.3 Å². The highest BCUT2D eigenvalue weighted by Gasteiger charge is 2.31. The van der Waals surface area contributed by atoms with Crippen LogP contribution in [0.15, 0.2) is 6.07 Å². The molecule has 0 bridgehead atoms. The van der Waals surface area contributed by atoms with E-state index >= 15 is 0 Å². The molecule has 0 aromatic heterocycles. The minimum atomic E-state index is -0.438. The van der Waals surface area contributed by atoms with Crippen molar-refractivity contribution in [2.75, 3.05) is 13.7 Å². The van der Waals surface area contributed by atoms with Gasteiger partial charge in [0.05, 0.1) is 19.0 Å². The molecule has 0 radical (unpaired) electrons. The second-order valence-corrected chi connectivity index (χ2v) is 5.47. The lowest BCUT2D eigenvalue weighted by Crippen LogP contribution is -2.13. The monoisotopic (exact) mass is 303 g/mol. The van der Waals surface area contributed by atoms with Crippen molar-refractivity contribution >= 4 is 29.3 Å². The summed E-state index contributed by atoms with van der Waals surface area (Å²) < 4.78 is 10.7. The number of hydrogen-bond donors (Lipinski definition) is 1. The molecule has 1 heterocycles. The summed E-state index contributed by atoms with van der Waals surface area (Å²) in [5.74, 6) is 0.630. The first kappa shape index (κ1) is 14.3. The molecule has 1 saturated heterocycles. The molecule has 2 rings (SSSR count). The van der Waals surface area contributed by atoms with E-state index < -0.39 is 12.2 Å². The average molecular weight is 304 g/mol. The molecule has 1 fully saturated rings. The molecular weight excluding hydrogens is 289 g/mol. The number of carbonyl (C=O) groups is 1. The summed E-state index contributed by atoms with van der Waals surface area (Å²) in [6, 6.07) is 1.79. The Labute approximate surface area is 122 Å². The van der Waals surface area contributed by atoms with Gasteiger partial charge in [0.15, 0.2) is 0 Å². The van der Waals surface area contributed by atoms with Crippen molar-refractivity contribution in [3.63, 3.8) is 0 Å². The average Bonchev–Trinajstić information content (AvgIpc) is 2.77. The summed E-state index contributed by atoms with van der Waals surface area (Å²) in [4.78, 5) is 11.2. The highest BCUT2D eigenvalue weighted by atomic mass is 35.5. The number of halogens is 2. The molecule has 1 amide bonds. The lowest BCUT2D eigenvalue weighted by molar-refractivity contribution is 0.139. The highest BCUT2D eigenvalue weighted by molar-refractivity contribution is 6.31. The Bertz CT molecular complexity index is 517. The second-order valence-electron chi connectivity index (χ2n) is 4.41. The predicted octanol–water partition coefficient (Wildman–Crippen LogP) is 3.74. The number of rotatable bonds is 3. The molecule has 1 N–H and O–H groups in total. The fourth-order valence-electron chi connectivity index (χ4n) is 2.23. The Morgan fingerprint density at radius 1 is 1.58 bits per heavy atom. The van der Waals surface area contributed by atoms with E-state index in [1.54, 1.807) is 13.2 Å². The molecular formula is C13H15Cl2NO3. The van der Waals surface area contributed by atoms with Crippen molar-refractivity contribution in [1.82, 2.24) is 5.32 Å². The van der Waals surface area contributed by atoms with E-state index in [9.17, 15) is 4.79 Å². The molecule has 4 nitrogen and oxygen atoms in total. The van der Waals surface area contributed by atoms with Gasteiger partial charge in [-0.25, -0.2) is 4.79 Å². The largest absolute Gasteiger partial charge is 0.496 e. The molecule has 0 saturated carbocycles. The van der Waals surface area contributed by atoms with Crippen LogP contribution in [-0.2, 0) is 4.74 Å². The lowest BCUT2D eigenvalue weighted by Gasteiger charge is -2.21. The van der Waals surface area contributed by atoms with Gasteiger partial charge in [0.25, 0.3) is 0 Å². The van der Waals surface area contributed by atoms with Crippen LogP contribution in [0.4, 0.5) is 4.79 Å². The molecule has 0 aliphatic carbocycles. The Morgan fingerprint density at radius 3 is 2.74 bits per heavy atom. The molecule has 0 spiro atoms. The van der Waals surface area contributed by atoms with E-state index in [0.717, 1.165) is 16.7 Å². The van der Waals surface area contributed by atoms with Gasteiger partial charge in [0, 0.05) is 16.1 Å². The van der Waals surface area contributed by atoms with Crippen LogP contribution in [0, 0.1) is 6.92 Å². The molecule has 104 valence electrons. The van der Waals surface area contributed by atoms with E-state index in [4.69, 9.17) is 32.7 Å². The molecule has 2 atom stereocenters. The summed E-state index contributed by atoms with van der Waals surface area (Å²) in [5.41, 5.74) is 2.40. The summed E-state index contributed by atoms with van der Waals surface area (Å²) in [6.07, 6.45) is -0.845. The van der Waals surface area contributed by atoms with Crippen molar-refractivity contribution in [2.45, 2.75) is 25.3 Å². The first-order valence-corrected chi connectivity index (χ1v) is 6.72. The number of hydrogen-bond acceptors (Lipinski definition) is 3. The third kappa shape index (κ3) is 2.60. The van der Waals surface area contributed by atoms with Gasteiger partial charge in [-0.05, 0) is 25.5 Å². The highest BCUT2D eigenvalue weighted by Crippen LogP contribution is 2.42. The topological polar surface area (TPSA) is 47.6 Å². The van der Waals surface area contributed by atoms with Gasteiger partial charge in [-0.15, -0.1) is 11.6 Å². The van der Waals surface area contributed by atoms with Crippen molar-refractivity contribution in [2.24, 2.45) is 0 Å². The van der Waals surface area contributed by atoms with Gasteiger partial charge in [-0.2, -0.15) is 0 Å². The normalized spacial score (nSPS) is 19.8. The number of ether oxygens (including phenoxy) is 2. The molecule has 1 aromatic rings. The minimum Gasteiger partial charge on any atom is -0.496 e. The van der Waals surface area contributed by atoms with E-state index in [1.165, 1.54) is 0 Å². The van der Waals surface area contributed by atoms with Crippen LogP contribution in [0.1, 0.15) is 35.1 Å². The summed E-state index contributed by atoms with van der Waals surface area (Å²) in [6.45, 7) is 4.11. The molecule has 2 unspecified atom stereocenters. The van der Waals surface area contributed by atoms with Crippen LogP contribution in [-0.4, -0.2) is 19.7 Å². The number of alkyl carbamates (subject to hydrolysis) is 1. The van der Waals surface area contributed by atoms with Crippen molar-refractivity contribution in [3.05, 3.63) is 27.8 Å². The van der Waals surface area contributed by atoms with Crippen LogP contribution in [0.2, 0.25) is 5.02 Å². The van der Waals surface area contributed by atoms with Crippen LogP contribution in [0.3, 0.4) is 0 Å². The molecule has 19 heavy (non-hydrogen) atoms. The number of nitrogens with one attached hydrogen (secondary N) is 1. The number of cyclic esters (lactones) is 1. The Kier molecular flexibility index (Phi) is 4.11. The molecule has 1 aliphatic rings. The van der Waals surface area contributed by atoms with Gasteiger partial charge in [-0.1, -0.05) is 11.6 Å². The third-order valence-electron chi connectivity index (χ3n) is 3.19. The van der Waals surface area contributed by atoms with Crippen LogP contribution in [0.25, 0.3) is 0 Å². The number of methoxy groups -OCH3 is 1. The zero-order valence-corrected chi connectivity index (χ0v) is 12.4. The van der Waals surface area contributed by atoms with Crippen molar-refractivity contribution in [3.8, 4) is 5.75 Å². The van der Waals surface area contributed by atoms with E-state index in [2.05, 4.69) is 5.32 Å². The first-order valence-electron chi connectivity index (χ1n) is 5.91. The fraction of sp³-hybridized carbons (Fsp3) is 0.462. The Morgan fingerprint density at radius 2 is 2.26 bits per heavy atom. The lowest BCUT2D eigenvalue weighted by atomic mass is 9.97. The molecule has 1 aromatic carbocycles. The molecule has 6 heteroatoms. The van der Waals surface area contributed by atoms with E-state index in [-0.39, 0.29) is 5.38 Å². The predicted molar refractivity (Wildman–Crippen MR) is 74.2 cm³/mol. The van der Waals surface area contributed by atoms with Crippen molar-refractivity contribution in [1.29, 1.82) is 0 Å². The quantitative estimate of drug-likeness (QED) is 0.865. The standard InChI is InChI=1S/C13H15Cl2NO3/c1-6-9(15)4-8(7(2)14)12(18-3)11(6)10-5-16-13(17)19-10/h4,7,10H,5H2,1-3H3,(H,16,17). The third-order valence-corrected chi connectivity index (χ3v) is 3.81. The number of carbonyl (C=O) groups excluding carboxylic acids is 1. The van der Waals surface area contributed by atoms with Crippen LogP contribution >= 0.6 is 23.2 Å². The Hall–Kier alpha value is -1.13. The second kappa shape index (κ2) is 5.47. The summed E-state index contributed by atoms with van der Waals surface area (Å²) >= 11 is 12.4. The van der Waals surface area contributed by atoms with Gasteiger partial charge < -0.3 is 14.8 Å². The summed E-state index contributed by atoms with van der Waals surface area (Å²) in [7, 11) is 1.57. The number of benzene rings is 1. The maximum Gasteiger partial charge on any atom is 0.407 e. The zero-order chi connectivity index (χ0) is 14.2. The minimum absolute atomic E-state index is 0.253. The first-order chi connectivity index (χ1) is 8.95. The maximum absolute atomic E-state index is 11.2. The Balaban J connectivity index is 2.59. The SMILES string of the molecule is COc1c(C(C)Cl)cc(Cl)c(C)c1C1CNC(=O)O1. The van der Waals surface area contributed by atoms with Crippen LogP contribution < -0.4 is 10.1 Å². The van der Waals surface area contributed by atoms with E-state index in [0.29, 0.717) is 17.3 Å². The van der Waals surface area contributed by atoms with Gasteiger partial charge >= 0.3 is 6.09 Å². The maximum atomic E-state index is 11.2. The van der Waals surface area contributed by atoms with Gasteiger partial charge in [-0.3, -0.25) is 0 Å².